The maximum Gasteiger partial charge on any atom is 0.154 e. The normalized spacial score (nSPS) is 24.2. The lowest BCUT2D eigenvalue weighted by atomic mass is 10.2. The molecule has 0 unspecified atom stereocenters. The Hall–Kier alpha value is -0.0900. The molecule has 0 aliphatic heterocycles. The van der Waals surface area contributed by atoms with Crippen LogP contribution in [-0.2, 0) is 9.84 Å². The predicted octanol–water partition coefficient (Wildman–Crippen LogP) is 1.88. The van der Waals surface area contributed by atoms with Gasteiger partial charge in [-0.1, -0.05) is 25.7 Å². The minimum atomic E-state index is -2.81. The Labute approximate surface area is 98.9 Å². The van der Waals surface area contributed by atoms with Crippen molar-refractivity contribution in [3.05, 3.63) is 0 Å². The van der Waals surface area contributed by atoms with Crippen LogP contribution in [0.5, 0.6) is 0 Å². The quantitative estimate of drug-likeness (QED) is 0.804. The van der Waals surface area contributed by atoms with Crippen molar-refractivity contribution in [1.29, 1.82) is 0 Å². The van der Waals surface area contributed by atoms with E-state index in [0.717, 1.165) is 25.7 Å². The van der Waals surface area contributed by atoms with Crippen LogP contribution in [0.15, 0.2) is 0 Å². The monoisotopic (exact) mass is 245 g/mol. The van der Waals surface area contributed by atoms with Gasteiger partial charge in [-0.25, -0.2) is 8.42 Å². The van der Waals surface area contributed by atoms with E-state index in [0.29, 0.717) is 18.3 Å². The summed E-state index contributed by atoms with van der Waals surface area (Å²) in [6.45, 7) is 0.656. The minimum absolute atomic E-state index is 0.0297. The molecule has 0 aromatic rings. The first-order valence-electron chi connectivity index (χ1n) is 6.63. The van der Waals surface area contributed by atoms with Crippen molar-refractivity contribution in [2.24, 2.45) is 0 Å². The zero-order valence-corrected chi connectivity index (χ0v) is 10.8. The molecule has 94 valence electrons. The molecule has 0 atom stereocenters. The van der Waals surface area contributed by atoms with Gasteiger partial charge in [-0.3, -0.25) is 0 Å². The van der Waals surface area contributed by atoms with Crippen LogP contribution in [0.25, 0.3) is 0 Å². The lowest BCUT2D eigenvalue weighted by Crippen LogP contribution is -2.33. The Morgan fingerprint density at radius 2 is 1.50 bits per heavy atom. The lowest BCUT2D eigenvalue weighted by Gasteiger charge is -2.14. The average Bonchev–Trinajstić information content (AvgIpc) is 2.90. The maximum absolute atomic E-state index is 12.0. The first-order valence-corrected chi connectivity index (χ1v) is 8.35. The molecule has 2 saturated carbocycles. The molecule has 0 heterocycles. The van der Waals surface area contributed by atoms with Crippen molar-refractivity contribution in [3.63, 3.8) is 0 Å². The van der Waals surface area contributed by atoms with Crippen molar-refractivity contribution in [3.8, 4) is 0 Å². The molecule has 16 heavy (non-hydrogen) atoms. The van der Waals surface area contributed by atoms with Gasteiger partial charge < -0.3 is 5.32 Å². The summed E-state index contributed by atoms with van der Waals surface area (Å²) in [5, 5.41) is 3.35. The van der Waals surface area contributed by atoms with E-state index in [2.05, 4.69) is 5.32 Å². The Kier molecular flexibility index (Phi) is 4.25. The highest BCUT2D eigenvalue weighted by molar-refractivity contribution is 7.92. The van der Waals surface area contributed by atoms with Gasteiger partial charge in [-0.2, -0.15) is 0 Å². The third-order valence-electron chi connectivity index (χ3n) is 3.98. The summed E-state index contributed by atoms with van der Waals surface area (Å²) in [5.41, 5.74) is 0. The molecule has 0 aromatic carbocycles. The zero-order chi connectivity index (χ0) is 11.4. The maximum atomic E-state index is 12.0. The SMILES string of the molecule is O=S(=O)(CCNC1CCCC1)C1CCCC1. The molecular formula is C12H23NO2S. The topological polar surface area (TPSA) is 46.2 Å². The van der Waals surface area contributed by atoms with E-state index in [1.807, 2.05) is 0 Å². The summed E-state index contributed by atoms with van der Waals surface area (Å²) in [6.07, 6.45) is 9.03. The Morgan fingerprint density at radius 3 is 2.12 bits per heavy atom. The highest BCUT2D eigenvalue weighted by Gasteiger charge is 2.28. The highest BCUT2D eigenvalue weighted by Crippen LogP contribution is 2.25. The van der Waals surface area contributed by atoms with Gasteiger partial charge in [0.05, 0.1) is 11.0 Å². The Balaban J connectivity index is 1.71. The van der Waals surface area contributed by atoms with E-state index in [4.69, 9.17) is 0 Å². The second-order valence-electron chi connectivity index (χ2n) is 5.21. The van der Waals surface area contributed by atoms with Crippen LogP contribution in [0.2, 0.25) is 0 Å². The summed E-state index contributed by atoms with van der Waals surface area (Å²) in [5.74, 6) is 0.341. The molecule has 3 nitrogen and oxygen atoms in total. The van der Waals surface area contributed by atoms with Gasteiger partial charge in [0.1, 0.15) is 0 Å². The third-order valence-corrected chi connectivity index (χ3v) is 6.25. The molecule has 0 amide bonds. The van der Waals surface area contributed by atoms with Gasteiger partial charge in [0.25, 0.3) is 0 Å². The predicted molar refractivity (Wildman–Crippen MR) is 66.3 cm³/mol. The Bertz CT molecular complexity index is 301. The lowest BCUT2D eigenvalue weighted by molar-refractivity contribution is 0.532. The molecule has 4 heteroatoms. The molecule has 0 spiro atoms. The van der Waals surface area contributed by atoms with Gasteiger partial charge in [0, 0.05) is 12.6 Å². The number of sulfone groups is 1. The van der Waals surface area contributed by atoms with E-state index >= 15 is 0 Å². The zero-order valence-electron chi connectivity index (χ0n) is 9.95. The van der Waals surface area contributed by atoms with Crippen LogP contribution < -0.4 is 5.32 Å². The Morgan fingerprint density at radius 1 is 0.938 bits per heavy atom. The van der Waals surface area contributed by atoms with Crippen molar-refractivity contribution in [2.45, 2.75) is 62.7 Å². The van der Waals surface area contributed by atoms with E-state index in [1.165, 1.54) is 25.7 Å². The fourth-order valence-electron chi connectivity index (χ4n) is 2.95. The van der Waals surface area contributed by atoms with Crippen molar-refractivity contribution < 1.29 is 8.42 Å². The molecule has 1 N–H and O–H groups in total. The second kappa shape index (κ2) is 5.50. The summed E-state index contributed by atoms with van der Waals surface area (Å²) in [7, 11) is -2.81. The first-order chi connectivity index (χ1) is 7.68. The number of rotatable bonds is 5. The number of hydrogen-bond donors (Lipinski definition) is 1. The van der Waals surface area contributed by atoms with Crippen LogP contribution in [0.4, 0.5) is 0 Å². The van der Waals surface area contributed by atoms with Gasteiger partial charge in [-0.05, 0) is 25.7 Å². The molecule has 2 fully saturated rings. The van der Waals surface area contributed by atoms with Gasteiger partial charge in [0.15, 0.2) is 9.84 Å². The van der Waals surface area contributed by atoms with Crippen LogP contribution in [0.3, 0.4) is 0 Å². The summed E-state index contributed by atoms with van der Waals surface area (Å²) < 4.78 is 23.9. The number of hydrogen-bond acceptors (Lipinski definition) is 3. The standard InChI is InChI=1S/C12H23NO2S/c14-16(15,12-7-3-4-8-12)10-9-13-11-5-1-2-6-11/h11-13H,1-10H2. The van der Waals surface area contributed by atoms with Gasteiger partial charge in [0.2, 0.25) is 0 Å². The van der Waals surface area contributed by atoms with E-state index < -0.39 is 9.84 Å². The fourth-order valence-corrected chi connectivity index (χ4v) is 4.74. The van der Waals surface area contributed by atoms with Gasteiger partial charge >= 0.3 is 0 Å². The summed E-state index contributed by atoms with van der Waals surface area (Å²) in [6, 6.07) is 0.582. The molecule has 0 saturated heterocycles. The smallest absolute Gasteiger partial charge is 0.154 e. The molecule has 0 radical (unpaired) electrons. The van der Waals surface area contributed by atoms with E-state index in [-0.39, 0.29) is 5.25 Å². The molecule has 2 rings (SSSR count). The van der Waals surface area contributed by atoms with Crippen molar-refractivity contribution in [1.82, 2.24) is 5.32 Å². The van der Waals surface area contributed by atoms with Gasteiger partial charge in [-0.15, -0.1) is 0 Å². The molecule has 0 bridgehead atoms. The van der Waals surface area contributed by atoms with E-state index in [1.54, 1.807) is 0 Å². The molecule has 0 aromatic heterocycles. The first kappa shape index (κ1) is 12.4. The van der Waals surface area contributed by atoms with Crippen LogP contribution in [0, 0.1) is 0 Å². The fraction of sp³-hybridized carbons (Fsp3) is 1.00. The van der Waals surface area contributed by atoms with Crippen molar-refractivity contribution in [2.75, 3.05) is 12.3 Å². The molecule has 2 aliphatic rings. The summed E-state index contributed by atoms with van der Waals surface area (Å²) >= 11 is 0. The highest BCUT2D eigenvalue weighted by atomic mass is 32.2. The van der Waals surface area contributed by atoms with Crippen LogP contribution in [0.1, 0.15) is 51.4 Å². The van der Waals surface area contributed by atoms with Crippen LogP contribution in [-0.4, -0.2) is 32.0 Å². The average molecular weight is 245 g/mol. The minimum Gasteiger partial charge on any atom is -0.313 e. The summed E-state index contributed by atoms with van der Waals surface area (Å²) in [4.78, 5) is 0. The molecular weight excluding hydrogens is 222 g/mol. The second-order valence-corrected chi connectivity index (χ2v) is 7.61. The van der Waals surface area contributed by atoms with E-state index in [9.17, 15) is 8.42 Å². The molecule has 2 aliphatic carbocycles. The van der Waals surface area contributed by atoms with Crippen LogP contribution >= 0.6 is 0 Å². The number of nitrogens with one attached hydrogen (secondary N) is 1. The van der Waals surface area contributed by atoms with Crippen molar-refractivity contribution >= 4 is 9.84 Å². The third kappa shape index (κ3) is 3.20. The largest absolute Gasteiger partial charge is 0.313 e.